The van der Waals surface area contributed by atoms with Crippen LogP contribution in [0, 0.1) is 0 Å². The van der Waals surface area contributed by atoms with Crippen molar-refractivity contribution in [2.24, 2.45) is 0 Å². The predicted octanol–water partition coefficient (Wildman–Crippen LogP) is 1.16. The number of carbonyl (C=O) groups excluding carboxylic acids is 1. The summed E-state index contributed by atoms with van der Waals surface area (Å²) >= 11 is 0. The van der Waals surface area contributed by atoms with E-state index in [4.69, 9.17) is 5.21 Å². The summed E-state index contributed by atoms with van der Waals surface area (Å²) in [6.45, 7) is 5.45. The van der Waals surface area contributed by atoms with Crippen LogP contribution in [0.2, 0.25) is 0 Å². The number of halogens is 2. The molecular weight excluding hydrogens is 334 g/mol. The fourth-order valence-corrected chi connectivity index (χ4v) is 2.59. The molecule has 132 valence electrons. The van der Waals surface area contributed by atoms with E-state index in [0.717, 1.165) is 5.57 Å². The molecule has 8 heteroatoms. The smallest absolute Gasteiger partial charge is 0.395 e. The van der Waals surface area contributed by atoms with Gasteiger partial charge in [0.15, 0.2) is 11.5 Å². The number of ether oxygens (including phenoxy) is 2. The predicted molar refractivity (Wildman–Crippen MR) is 83.4 cm³/mol. The average Bonchev–Trinajstić information content (AvgIpc) is 3.28. The van der Waals surface area contributed by atoms with Crippen molar-refractivity contribution in [3.63, 3.8) is 0 Å². The van der Waals surface area contributed by atoms with Gasteiger partial charge in [-0.15, -0.1) is 8.78 Å². The molecule has 1 heterocycles. The first-order valence-corrected chi connectivity index (χ1v) is 7.58. The maximum atomic E-state index is 13.1. The number of rotatable bonds is 4. The van der Waals surface area contributed by atoms with Gasteiger partial charge >= 0.3 is 18.0 Å². The van der Waals surface area contributed by atoms with Crippen molar-refractivity contribution in [3.05, 3.63) is 48.1 Å². The van der Waals surface area contributed by atoms with E-state index in [1.807, 2.05) is 5.16 Å². The molecule has 3 N–H and O–H groups in total. The number of fused-ring (bicyclic) bond motifs is 1. The summed E-state index contributed by atoms with van der Waals surface area (Å²) in [5.41, 5.74) is 0.432. The molecule has 0 saturated heterocycles. The van der Waals surface area contributed by atoms with Crippen molar-refractivity contribution in [2.45, 2.75) is 31.5 Å². The Morgan fingerprint density at radius 3 is 2.60 bits per heavy atom. The molecule has 1 aromatic carbocycles. The van der Waals surface area contributed by atoms with Crippen LogP contribution in [0.25, 0.3) is 0 Å². The lowest BCUT2D eigenvalue weighted by molar-refractivity contribution is -0.738. The van der Waals surface area contributed by atoms with Gasteiger partial charge in [-0.2, -0.15) is 0 Å². The molecule has 3 rings (SSSR count). The highest BCUT2D eigenvalue weighted by molar-refractivity contribution is 6.06. The standard InChI is InChI=1S/C17H16F2N2O4/c1-10(2)3-6-14(21-23)20-15(22)16(7-8-16)11-4-5-12-13(9-11)25-17(18,19)24-12/h3-6,9,23H,1,7-8H2,2H3,(H,20,21,22)/p+1/b6-3-. The Kier molecular flexibility index (Phi) is 3.98. The highest BCUT2D eigenvalue weighted by Crippen LogP contribution is 2.51. The highest BCUT2D eigenvalue weighted by Gasteiger charge is 2.55. The third-order valence-electron chi connectivity index (χ3n) is 4.04. The second-order valence-corrected chi connectivity index (χ2v) is 6.07. The minimum absolute atomic E-state index is 0.0707. The number of hydrogen-bond acceptors (Lipinski definition) is 4. The fraction of sp³-hybridized carbons (Fsp3) is 0.294. The summed E-state index contributed by atoms with van der Waals surface area (Å²) in [4.78, 5) is 12.6. The highest BCUT2D eigenvalue weighted by atomic mass is 19.3. The molecule has 1 aliphatic heterocycles. The summed E-state index contributed by atoms with van der Waals surface area (Å²) in [6.07, 6.45) is 0.488. The summed E-state index contributed by atoms with van der Waals surface area (Å²) in [6, 6.07) is 4.30. The van der Waals surface area contributed by atoms with Gasteiger partial charge in [-0.25, -0.2) is 10.1 Å². The number of benzene rings is 1. The topological polar surface area (TPSA) is 81.8 Å². The van der Waals surface area contributed by atoms with Crippen LogP contribution in [-0.2, 0) is 10.2 Å². The zero-order valence-electron chi connectivity index (χ0n) is 13.4. The lowest BCUT2D eigenvalue weighted by atomic mass is 9.94. The molecule has 0 aromatic heterocycles. The minimum atomic E-state index is -3.70. The van der Waals surface area contributed by atoms with Gasteiger partial charge in [0.25, 0.3) is 0 Å². The Hall–Kier alpha value is -2.90. The molecular formula is C17H17F2N2O4+. The summed E-state index contributed by atoms with van der Waals surface area (Å²) < 4.78 is 35.1. The molecule has 25 heavy (non-hydrogen) atoms. The van der Waals surface area contributed by atoms with Gasteiger partial charge in [0.05, 0.1) is 5.41 Å². The van der Waals surface area contributed by atoms with Crippen molar-refractivity contribution in [1.82, 2.24) is 5.32 Å². The minimum Gasteiger partial charge on any atom is -0.395 e. The molecule has 1 amide bonds. The van der Waals surface area contributed by atoms with E-state index in [0.29, 0.717) is 18.4 Å². The van der Waals surface area contributed by atoms with E-state index in [-0.39, 0.29) is 23.2 Å². The van der Waals surface area contributed by atoms with Crippen LogP contribution in [0.5, 0.6) is 11.5 Å². The van der Waals surface area contributed by atoms with Gasteiger partial charge in [0.1, 0.15) is 0 Å². The van der Waals surface area contributed by atoms with Crippen LogP contribution in [0.4, 0.5) is 8.78 Å². The zero-order chi connectivity index (χ0) is 18.2. The lowest BCUT2D eigenvalue weighted by Crippen LogP contribution is -2.73. The second kappa shape index (κ2) is 5.87. The van der Waals surface area contributed by atoms with Gasteiger partial charge < -0.3 is 14.7 Å². The molecule has 0 spiro atoms. The lowest BCUT2D eigenvalue weighted by Gasteiger charge is -2.12. The number of hydrogen-bond donors (Lipinski definition) is 3. The maximum absolute atomic E-state index is 13.1. The Labute approximate surface area is 142 Å². The van der Waals surface area contributed by atoms with Gasteiger partial charge in [0, 0.05) is 6.08 Å². The van der Waals surface area contributed by atoms with Crippen LogP contribution in [0.15, 0.2) is 42.5 Å². The number of allylic oxidation sites excluding steroid dienone is 2. The summed E-state index contributed by atoms with van der Waals surface area (Å²) in [5, 5.41) is 13.6. The van der Waals surface area contributed by atoms with Crippen LogP contribution in [-0.4, -0.2) is 23.2 Å². The quantitative estimate of drug-likeness (QED) is 0.250. The number of alkyl halides is 2. The molecule has 1 aromatic rings. The zero-order valence-corrected chi connectivity index (χ0v) is 13.4. The van der Waals surface area contributed by atoms with Crippen molar-refractivity contribution in [2.75, 3.05) is 0 Å². The first kappa shape index (κ1) is 16.9. The van der Waals surface area contributed by atoms with Crippen molar-refractivity contribution in [1.29, 1.82) is 0 Å². The molecule has 0 bridgehead atoms. The Bertz CT molecular complexity index is 798. The number of amides is 1. The normalized spacial score (nSPS) is 19.7. The molecule has 1 fully saturated rings. The van der Waals surface area contributed by atoms with Crippen LogP contribution in [0.1, 0.15) is 25.3 Å². The largest absolute Gasteiger partial charge is 0.586 e. The van der Waals surface area contributed by atoms with Crippen LogP contribution in [0.3, 0.4) is 0 Å². The third kappa shape index (κ3) is 3.33. The van der Waals surface area contributed by atoms with E-state index >= 15 is 0 Å². The molecule has 0 radical (unpaired) electrons. The van der Waals surface area contributed by atoms with Crippen LogP contribution >= 0.6 is 0 Å². The Balaban J connectivity index is 1.79. The van der Waals surface area contributed by atoms with Gasteiger partial charge in [-0.3, -0.25) is 0 Å². The molecule has 6 nitrogen and oxygen atoms in total. The number of carbonyl (C=O) groups is 1. The molecule has 1 saturated carbocycles. The van der Waals surface area contributed by atoms with Gasteiger partial charge in [0.2, 0.25) is 0 Å². The summed E-state index contributed by atoms with van der Waals surface area (Å²) in [7, 11) is 0. The first-order valence-electron chi connectivity index (χ1n) is 7.58. The maximum Gasteiger partial charge on any atom is 0.586 e. The molecule has 0 atom stereocenters. The SMILES string of the molecule is C=C(C)/C=C\C(NC(=O)C1(c2ccc3c(c2)OC(F)(F)O3)CC1)=[NH+]\O. The van der Waals surface area contributed by atoms with Crippen LogP contribution < -0.4 is 19.9 Å². The van der Waals surface area contributed by atoms with E-state index in [1.165, 1.54) is 18.2 Å². The fourth-order valence-electron chi connectivity index (χ4n) is 2.59. The third-order valence-corrected chi connectivity index (χ3v) is 4.04. The Morgan fingerprint density at radius 2 is 2.00 bits per heavy atom. The van der Waals surface area contributed by atoms with Crippen molar-refractivity contribution < 1.29 is 33.4 Å². The Morgan fingerprint density at radius 1 is 1.32 bits per heavy atom. The van der Waals surface area contributed by atoms with Crippen molar-refractivity contribution >= 4 is 11.7 Å². The number of amidine groups is 1. The average molecular weight is 351 g/mol. The van der Waals surface area contributed by atoms with E-state index in [2.05, 4.69) is 21.4 Å². The van der Waals surface area contributed by atoms with E-state index < -0.39 is 11.7 Å². The molecule has 1 aliphatic carbocycles. The van der Waals surface area contributed by atoms with Gasteiger partial charge in [-0.1, -0.05) is 29.5 Å². The molecule has 2 aliphatic rings. The monoisotopic (exact) mass is 351 g/mol. The second-order valence-electron chi connectivity index (χ2n) is 6.07. The van der Waals surface area contributed by atoms with E-state index in [9.17, 15) is 13.6 Å². The van der Waals surface area contributed by atoms with E-state index in [1.54, 1.807) is 19.1 Å². The van der Waals surface area contributed by atoms with Crippen molar-refractivity contribution in [3.8, 4) is 11.5 Å². The summed E-state index contributed by atoms with van der Waals surface area (Å²) in [5.74, 6) is -0.445. The first-order chi connectivity index (χ1) is 11.8. The molecule has 0 unspecified atom stereocenters. The number of nitrogens with one attached hydrogen (secondary N) is 2. The van der Waals surface area contributed by atoms with Gasteiger partial charge in [-0.05, 0) is 37.5 Å².